The molecule has 0 unspecified atom stereocenters. The van der Waals surface area contributed by atoms with Gasteiger partial charge in [0.15, 0.2) is 5.82 Å². The summed E-state index contributed by atoms with van der Waals surface area (Å²) in [5.74, 6) is 1.35. The van der Waals surface area contributed by atoms with Crippen LogP contribution >= 0.6 is 0 Å². The van der Waals surface area contributed by atoms with Gasteiger partial charge in [-0.1, -0.05) is 6.07 Å². The van der Waals surface area contributed by atoms with Gasteiger partial charge in [-0.2, -0.15) is 0 Å². The monoisotopic (exact) mass is 525 g/mol. The van der Waals surface area contributed by atoms with Crippen molar-refractivity contribution in [2.45, 2.75) is 58.5 Å². The molecule has 0 radical (unpaired) electrons. The van der Waals surface area contributed by atoms with Crippen LogP contribution in [0.1, 0.15) is 52.7 Å². The summed E-state index contributed by atoms with van der Waals surface area (Å²) in [5.41, 5.74) is 4.45. The number of ether oxygens (including phenoxy) is 1. The van der Waals surface area contributed by atoms with E-state index in [0.717, 1.165) is 52.8 Å². The molecule has 1 N–H and O–H groups in total. The normalized spacial score (nSPS) is 16.3. The average Bonchev–Trinajstić information content (AvgIpc) is 3.71. The Hall–Kier alpha value is -4.15. The molecule has 200 valence electrons. The molecule has 1 aromatic carbocycles. The lowest BCUT2D eigenvalue weighted by molar-refractivity contribution is 0.0901. The molecule has 2 atom stereocenters. The predicted octanol–water partition coefficient (Wildman–Crippen LogP) is 4.09. The Morgan fingerprint density at radius 3 is 2.82 bits per heavy atom. The van der Waals surface area contributed by atoms with Crippen molar-refractivity contribution in [3.05, 3.63) is 105 Å². The Morgan fingerprint density at radius 1 is 1.15 bits per heavy atom. The first-order chi connectivity index (χ1) is 19.0. The van der Waals surface area contributed by atoms with E-state index >= 15 is 0 Å². The molecule has 5 aromatic rings. The molecular formula is C29H31N7O3. The number of rotatable bonds is 9. The first kappa shape index (κ1) is 25.1. The van der Waals surface area contributed by atoms with E-state index in [9.17, 15) is 4.79 Å². The molecule has 0 saturated carbocycles. The van der Waals surface area contributed by atoms with Crippen molar-refractivity contribution in [1.82, 2.24) is 35.1 Å². The smallest absolute Gasteiger partial charge is 0.253 e. The average molecular weight is 526 g/mol. The van der Waals surface area contributed by atoms with Gasteiger partial charge in [-0.05, 0) is 95.6 Å². The summed E-state index contributed by atoms with van der Waals surface area (Å²) < 4.78 is 13.4. The lowest BCUT2D eigenvalue weighted by Gasteiger charge is -2.30. The Morgan fingerprint density at radius 2 is 2.05 bits per heavy atom. The lowest BCUT2D eigenvalue weighted by atomic mass is 10.00. The lowest BCUT2D eigenvalue weighted by Crippen LogP contribution is -2.35. The molecule has 10 heteroatoms. The number of aryl methyl sites for hydroxylation is 2. The Labute approximate surface area is 225 Å². The van der Waals surface area contributed by atoms with Crippen LogP contribution in [0.15, 0.2) is 70.3 Å². The summed E-state index contributed by atoms with van der Waals surface area (Å²) in [5, 5.41) is 13.8. The van der Waals surface area contributed by atoms with Crippen LogP contribution in [0.3, 0.4) is 0 Å². The van der Waals surface area contributed by atoms with Crippen molar-refractivity contribution >= 4 is 10.9 Å². The van der Waals surface area contributed by atoms with E-state index in [0.29, 0.717) is 31.0 Å². The minimum absolute atomic E-state index is 0.0326. The highest BCUT2D eigenvalue weighted by Gasteiger charge is 2.32. The van der Waals surface area contributed by atoms with Gasteiger partial charge in [0, 0.05) is 36.6 Å². The third-order valence-corrected chi connectivity index (χ3v) is 7.40. The molecule has 0 bridgehead atoms. The zero-order chi connectivity index (χ0) is 26.8. The molecule has 10 nitrogen and oxygen atoms in total. The van der Waals surface area contributed by atoms with Crippen molar-refractivity contribution in [1.29, 1.82) is 0 Å². The summed E-state index contributed by atoms with van der Waals surface area (Å²) in [7, 11) is 0. The van der Waals surface area contributed by atoms with Crippen LogP contribution in [-0.4, -0.2) is 47.8 Å². The van der Waals surface area contributed by atoms with Crippen molar-refractivity contribution in [2.24, 2.45) is 0 Å². The maximum absolute atomic E-state index is 13.8. The summed E-state index contributed by atoms with van der Waals surface area (Å²) >= 11 is 0. The van der Waals surface area contributed by atoms with Crippen LogP contribution in [-0.2, 0) is 24.4 Å². The van der Waals surface area contributed by atoms with E-state index in [2.05, 4.69) is 43.4 Å². The zero-order valence-electron chi connectivity index (χ0n) is 22.1. The highest BCUT2D eigenvalue weighted by molar-refractivity contribution is 5.81. The van der Waals surface area contributed by atoms with E-state index < -0.39 is 6.04 Å². The topological polar surface area (TPSA) is 115 Å². The second-order valence-electron chi connectivity index (χ2n) is 10.2. The second kappa shape index (κ2) is 10.9. The van der Waals surface area contributed by atoms with Gasteiger partial charge in [0.2, 0.25) is 0 Å². The quantitative estimate of drug-likeness (QED) is 0.306. The zero-order valence-corrected chi connectivity index (χ0v) is 22.1. The SMILES string of the molecule is Cc1cc2cc([C@@H](c3nnnn3C[C@@H]3CCCO3)N(Cc3cccnc3)Cc3ccco3)c(=O)[nH]c2cc1C. The van der Waals surface area contributed by atoms with Crippen molar-refractivity contribution in [3.8, 4) is 0 Å². The maximum atomic E-state index is 13.8. The number of nitrogens with zero attached hydrogens (tertiary/aromatic N) is 6. The molecule has 5 heterocycles. The molecule has 39 heavy (non-hydrogen) atoms. The predicted molar refractivity (Wildman–Crippen MR) is 145 cm³/mol. The molecule has 4 aromatic heterocycles. The maximum Gasteiger partial charge on any atom is 0.253 e. The number of hydrogen-bond donors (Lipinski definition) is 1. The van der Waals surface area contributed by atoms with Crippen LogP contribution in [0.2, 0.25) is 0 Å². The second-order valence-corrected chi connectivity index (χ2v) is 10.2. The van der Waals surface area contributed by atoms with Gasteiger partial charge in [-0.15, -0.1) is 5.10 Å². The fourth-order valence-corrected chi connectivity index (χ4v) is 5.28. The van der Waals surface area contributed by atoms with Gasteiger partial charge in [0.25, 0.3) is 5.56 Å². The molecule has 6 rings (SSSR count). The minimum Gasteiger partial charge on any atom is -0.468 e. The van der Waals surface area contributed by atoms with E-state index in [4.69, 9.17) is 9.15 Å². The number of tetrazole rings is 1. The molecule has 1 aliphatic rings. The van der Waals surface area contributed by atoms with Crippen LogP contribution < -0.4 is 5.56 Å². The number of furan rings is 1. The van der Waals surface area contributed by atoms with Gasteiger partial charge in [0.05, 0.1) is 25.5 Å². The van der Waals surface area contributed by atoms with Gasteiger partial charge in [-0.25, -0.2) is 4.68 Å². The number of pyridine rings is 2. The summed E-state index contributed by atoms with van der Waals surface area (Å²) in [6.07, 6.45) is 7.23. The van der Waals surface area contributed by atoms with Crippen LogP contribution in [0, 0.1) is 13.8 Å². The van der Waals surface area contributed by atoms with E-state index in [-0.39, 0.29) is 11.7 Å². The standard InChI is InChI=1S/C29H31N7O3/c1-19-12-22-14-25(29(37)31-26(22)13-20(19)2)27(28-32-33-34-36(28)18-24-8-5-11-39-24)35(17-23-7-4-10-38-23)16-21-6-3-9-30-15-21/h3-4,6-7,9-10,12-15,24,27H,5,8,11,16-18H2,1-2H3,(H,31,37)/t24-,27-/m0/s1. The van der Waals surface area contributed by atoms with E-state index in [1.165, 1.54) is 0 Å². The largest absolute Gasteiger partial charge is 0.468 e. The summed E-state index contributed by atoms with van der Waals surface area (Å²) in [4.78, 5) is 23.3. The number of aromatic nitrogens is 6. The van der Waals surface area contributed by atoms with Gasteiger partial charge >= 0.3 is 0 Å². The number of H-pyrrole nitrogens is 1. The number of aromatic amines is 1. The number of nitrogens with one attached hydrogen (secondary N) is 1. The van der Waals surface area contributed by atoms with Crippen molar-refractivity contribution in [2.75, 3.05) is 6.61 Å². The van der Waals surface area contributed by atoms with E-state index in [1.807, 2.05) is 49.5 Å². The fraction of sp³-hybridized carbons (Fsp3) is 0.345. The molecule has 1 saturated heterocycles. The molecule has 0 amide bonds. The highest BCUT2D eigenvalue weighted by Crippen LogP contribution is 2.31. The number of hydrogen-bond acceptors (Lipinski definition) is 8. The van der Waals surface area contributed by atoms with Gasteiger partial charge < -0.3 is 14.1 Å². The van der Waals surface area contributed by atoms with E-state index in [1.54, 1.807) is 17.1 Å². The van der Waals surface area contributed by atoms with Crippen LogP contribution in [0.4, 0.5) is 0 Å². The summed E-state index contributed by atoms with van der Waals surface area (Å²) in [6, 6.07) is 13.2. The van der Waals surface area contributed by atoms with Crippen LogP contribution in [0.5, 0.6) is 0 Å². The van der Waals surface area contributed by atoms with Gasteiger partial charge in [0.1, 0.15) is 11.8 Å². The molecular weight excluding hydrogens is 494 g/mol. The Bertz CT molecular complexity index is 1610. The van der Waals surface area contributed by atoms with Gasteiger partial charge in [-0.3, -0.25) is 14.7 Å². The Balaban J connectivity index is 1.51. The third-order valence-electron chi connectivity index (χ3n) is 7.40. The third kappa shape index (κ3) is 5.39. The Kier molecular flexibility index (Phi) is 7.04. The first-order valence-electron chi connectivity index (χ1n) is 13.2. The van der Waals surface area contributed by atoms with Crippen molar-refractivity contribution in [3.63, 3.8) is 0 Å². The molecule has 0 aliphatic carbocycles. The fourth-order valence-electron chi connectivity index (χ4n) is 5.28. The minimum atomic E-state index is -0.568. The van der Waals surface area contributed by atoms with Crippen LogP contribution in [0.25, 0.3) is 10.9 Å². The molecule has 0 spiro atoms. The molecule has 1 aliphatic heterocycles. The number of benzene rings is 1. The first-order valence-corrected chi connectivity index (χ1v) is 13.2. The summed E-state index contributed by atoms with van der Waals surface area (Å²) in [6.45, 7) is 6.30. The van der Waals surface area contributed by atoms with Crippen molar-refractivity contribution < 1.29 is 9.15 Å². The number of fused-ring (bicyclic) bond motifs is 1. The highest BCUT2D eigenvalue weighted by atomic mass is 16.5. The molecule has 1 fully saturated rings.